The van der Waals surface area contributed by atoms with Crippen LogP contribution < -0.4 is 5.32 Å². The Morgan fingerprint density at radius 3 is 2.48 bits per heavy atom. The van der Waals surface area contributed by atoms with Gasteiger partial charge in [-0.3, -0.25) is 9.69 Å². The third-order valence-corrected chi connectivity index (χ3v) is 5.38. The molecular formula is C25H31N5O3. The van der Waals surface area contributed by atoms with Gasteiger partial charge in [0.25, 0.3) is 0 Å². The average molecular weight is 450 g/mol. The first-order chi connectivity index (χ1) is 15.7. The summed E-state index contributed by atoms with van der Waals surface area (Å²) in [5, 5.41) is 11.8. The van der Waals surface area contributed by atoms with Gasteiger partial charge in [-0.1, -0.05) is 30.3 Å². The lowest BCUT2D eigenvalue weighted by Gasteiger charge is -2.36. The maximum absolute atomic E-state index is 13.4. The van der Waals surface area contributed by atoms with Crippen LogP contribution in [0.2, 0.25) is 0 Å². The van der Waals surface area contributed by atoms with E-state index in [4.69, 9.17) is 10.00 Å². The molecule has 0 radical (unpaired) electrons. The van der Waals surface area contributed by atoms with Crippen molar-refractivity contribution in [3.8, 4) is 6.07 Å². The number of nitrogens with zero attached hydrogens (tertiary/aromatic N) is 4. The van der Waals surface area contributed by atoms with Gasteiger partial charge in [0, 0.05) is 38.9 Å². The van der Waals surface area contributed by atoms with Crippen LogP contribution >= 0.6 is 0 Å². The molecule has 1 atom stereocenters. The highest BCUT2D eigenvalue weighted by Crippen LogP contribution is 2.19. The molecule has 1 aromatic carbocycles. The highest BCUT2D eigenvalue weighted by Gasteiger charge is 2.31. The van der Waals surface area contributed by atoms with E-state index in [0.29, 0.717) is 18.8 Å². The summed E-state index contributed by atoms with van der Waals surface area (Å²) >= 11 is 0. The number of benzene rings is 1. The minimum Gasteiger partial charge on any atom is -0.444 e. The van der Waals surface area contributed by atoms with Crippen LogP contribution in [0, 0.1) is 11.3 Å². The number of aromatic nitrogens is 1. The van der Waals surface area contributed by atoms with Gasteiger partial charge >= 0.3 is 6.09 Å². The van der Waals surface area contributed by atoms with E-state index >= 15 is 0 Å². The van der Waals surface area contributed by atoms with E-state index in [1.165, 1.54) is 0 Å². The van der Waals surface area contributed by atoms with Gasteiger partial charge in [-0.2, -0.15) is 5.26 Å². The molecule has 0 spiro atoms. The number of hydrogen-bond acceptors (Lipinski definition) is 6. The summed E-state index contributed by atoms with van der Waals surface area (Å²) < 4.78 is 5.38. The van der Waals surface area contributed by atoms with Gasteiger partial charge in [-0.15, -0.1) is 0 Å². The number of nitrogens with one attached hydrogen (secondary N) is 1. The van der Waals surface area contributed by atoms with Gasteiger partial charge in [-0.25, -0.2) is 9.78 Å². The SMILES string of the molecule is CC(C)(C)OC(=O)N[C@@H](C(=O)N1CCN(CCc2ccnc(C#N)c2)CC1)c1ccccc1. The van der Waals surface area contributed by atoms with E-state index < -0.39 is 17.7 Å². The third kappa shape index (κ3) is 7.29. The zero-order chi connectivity index (χ0) is 23.8. The summed E-state index contributed by atoms with van der Waals surface area (Å²) in [6.07, 6.45) is 1.86. The van der Waals surface area contributed by atoms with Gasteiger partial charge in [0.2, 0.25) is 5.91 Å². The first kappa shape index (κ1) is 24.2. The van der Waals surface area contributed by atoms with Crippen molar-refractivity contribution in [2.24, 2.45) is 0 Å². The summed E-state index contributed by atoms with van der Waals surface area (Å²) in [5.41, 5.74) is 1.57. The smallest absolute Gasteiger partial charge is 0.408 e. The van der Waals surface area contributed by atoms with E-state index in [1.807, 2.05) is 42.5 Å². The molecule has 0 unspecified atom stereocenters. The van der Waals surface area contributed by atoms with Crippen LogP contribution in [0.1, 0.15) is 43.6 Å². The molecule has 1 aromatic heterocycles. The molecule has 2 heterocycles. The number of ether oxygens (including phenoxy) is 1. The van der Waals surface area contributed by atoms with Gasteiger partial charge < -0.3 is 15.0 Å². The van der Waals surface area contributed by atoms with Crippen LogP contribution in [-0.4, -0.2) is 65.1 Å². The van der Waals surface area contributed by atoms with Crippen LogP contribution in [0.3, 0.4) is 0 Å². The Labute approximate surface area is 195 Å². The van der Waals surface area contributed by atoms with Crippen LogP contribution in [-0.2, 0) is 16.0 Å². The summed E-state index contributed by atoms with van der Waals surface area (Å²) in [5.74, 6) is -0.139. The van der Waals surface area contributed by atoms with E-state index in [0.717, 1.165) is 37.2 Å². The molecule has 1 saturated heterocycles. The van der Waals surface area contributed by atoms with E-state index in [2.05, 4.69) is 21.3 Å². The Morgan fingerprint density at radius 2 is 1.85 bits per heavy atom. The normalized spacial score (nSPS) is 15.4. The van der Waals surface area contributed by atoms with E-state index in [1.54, 1.807) is 31.9 Å². The number of carbonyl (C=O) groups is 2. The average Bonchev–Trinajstić information content (AvgIpc) is 2.81. The van der Waals surface area contributed by atoms with Crippen LogP contribution in [0.15, 0.2) is 48.7 Å². The molecule has 1 aliphatic heterocycles. The lowest BCUT2D eigenvalue weighted by molar-refractivity contribution is -0.135. The predicted octanol–water partition coefficient (Wildman–Crippen LogP) is 2.91. The summed E-state index contributed by atoms with van der Waals surface area (Å²) in [4.78, 5) is 33.9. The molecule has 0 saturated carbocycles. The standard InChI is InChI=1S/C25H31N5O3/c1-25(2,3)33-24(32)28-22(20-7-5-4-6-8-20)23(31)30-15-13-29(14-16-30)12-10-19-9-11-27-21(17-19)18-26/h4-9,11,17,22H,10,12-16H2,1-3H3,(H,28,32)/t22-/m1/s1. The molecule has 0 aliphatic carbocycles. The quantitative estimate of drug-likeness (QED) is 0.728. The number of hydrogen-bond donors (Lipinski definition) is 1. The fraction of sp³-hybridized carbons (Fsp3) is 0.440. The van der Waals surface area contributed by atoms with Crippen molar-refractivity contribution in [3.63, 3.8) is 0 Å². The number of carbonyl (C=O) groups excluding carboxylic acids is 2. The first-order valence-electron chi connectivity index (χ1n) is 11.2. The molecule has 8 heteroatoms. The Bertz CT molecular complexity index is 989. The highest BCUT2D eigenvalue weighted by molar-refractivity contribution is 5.87. The second kappa shape index (κ2) is 10.9. The lowest BCUT2D eigenvalue weighted by atomic mass is 10.1. The molecule has 3 rings (SSSR count). The molecule has 33 heavy (non-hydrogen) atoms. The third-order valence-electron chi connectivity index (χ3n) is 5.38. The fourth-order valence-electron chi connectivity index (χ4n) is 3.71. The lowest BCUT2D eigenvalue weighted by Crippen LogP contribution is -2.52. The zero-order valence-corrected chi connectivity index (χ0v) is 19.5. The minimum absolute atomic E-state index is 0.139. The largest absolute Gasteiger partial charge is 0.444 e. The molecule has 1 N–H and O–H groups in total. The van der Waals surface area contributed by atoms with Gasteiger partial charge in [-0.05, 0) is 50.5 Å². The van der Waals surface area contributed by atoms with Crippen molar-refractivity contribution >= 4 is 12.0 Å². The molecule has 2 amide bonds. The number of amides is 2. The van der Waals surface area contributed by atoms with Crippen molar-refractivity contribution in [1.29, 1.82) is 5.26 Å². The van der Waals surface area contributed by atoms with Crippen LogP contribution in [0.4, 0.5) is 4.79 Å². The number of alkyl carbamates (subject to hydrolysis) is 1. The molecule has 1 fully saturated rings. The monoisotopic (exact) mass is 449 g/mol. The predicted molar refractivity (Wildman–Crippen MR) is 124 cm³/mol. The van der Waals surface area contributed by atoms with Crippen molar-refractivity contribution in [2.45, 2.75) is 38.8 Å². The number of rotatable bonds is 6. The summed E-state index contributed by atoms with van der Waals surface area (Å²) in [6, 6.07) is 14.2. The second-order valence-corrected chi connectivity index (χ2v) is 9.07. The van der Waals surface area contributed by atoms with Crippen LogP contribution in [0.5, 0.6) is 0 Å². The molecule has 0 bridgehead atoms. The summed E-state index contributed by atoms with van der Waals surface area (Å²) in [7, 11) is 0. The summed E-state index contributed by atoms with van der Waals surface area (Å²) in [6.45, 7) is 8.87. The van der Waals surface area contributed by atoms with E-state index in [9.17, 15) is 9.59 Å². The molecule has 2 aromatic rings. The van der Waals surface area contributed by atoms with E-state index in [-0.39, 0.29) is 5.91 Å². The maximum Gasteiger partial charge on any atom is 0.408 e. The fourth-order valence-corrected chi connectivity index (χ4v) is 3.71. The minimum atomic E-state index is -0.797. The van der Waals surface area contributed by atoms with Crippen molar-refractivity contribution in [2.75, 3.05) is 32.7 Å². The van der Waals surface area contributed by atoms with Crippen LogP contribution in [0.25, 0.3) is 0 Å². The number of pyridine rings is 1. The van der Waals surface area contributed by atoms with Gasteiger partial charge in [0.1, 0.15) is 23.4 Å². The van der Waals surface area contributed by atoms with Crippen molar-refractivity contribution in [3.05, 3.63) is 65.5 Å². The Kier molecular flexibility index (Phi) is 8.01. The Morgan fingerprint density at radius 1 is 1.15 bits per heavy atom. The number of nitriles is 1. The topological polar surface area (TPSA) is 98.6 Å². The van der Waals surface area contributed by atoms with Crippen molar-refractivity contribution < 1.29 is 14.3 Å². The van der Waals surface area contributed by atoms with Crippen molar-refractivity contribution in [1.82, 2.24) is 20.1 Å². The van der Waals surface area contributed by atoms with Gasteiger partial charge in [0.15, 0.2) is 0 Å². The van der Waals surface area contributed by atoms with Gasteiger partial charge in [0.05, 0.1) is 0 Å². The first-order valence-corrected chi connectivity index (χ1v) is 11.2. The number of piperazine rings is 1. The second-order valence-electron chi connectivity index (χ2n) is 9.07. The Balaban J connectivity index is 1.58. The molecule has 1 aliphatic rings. The molecule has 174 valence electrons. The highest BCUT2D eigenvalue weighted by atomic mass is 16.6. The molecular weight excluding hydrogens is 418 g/mol. The zero-order valence-electron chi connectivity index (χ0n) is 19.5. The molecule has 8 nitrogen and oxygen atoms in total. The Hall–Kier alpha value is -3.44. The maximum atomic E-state index is 13.4.